The molecular formula is C20H21N3O3S2. The van der Waals surface area contributed by atoms with Gasteiger partial charge in [0.05, 0.1) is 27.8 Å². The molecule has 2 aromatic heterocycles. The largest absolute Gasteiger partial charge is 0.331 e. The smallest absolute Gasteiger partial charge is 0.264 e. The average molecular weight is 416 g/mol. The van der Waals surface area contributed by atoms with Crippen LogP contribution in [-0.4, -0.2) is 52.6 Å². The predicted molar refractivity (Wildman–Crippen MR) is 110 cm³/mol. The first-order chi connectivity index (χ1) is 13.4. The van der Waals surface area contributed by atoms with Crippen molar-refractivity contribution in [3.63, 3.8) is 0 Å². The highest BCUT2D eigenvalue weighted by atomic mass is 32.2. The molecule has 3 aromatic rings. The molecule has 28 heavy (non-hydrogen) atoms. The van der Waals surface area contributed by atoms with E-state index < -0.39 is 9.84 Å². The van der Waals surface area contributed by atoms with Gasteiger partial charge in [-0.15, -0.1) is 11.3 Å². The molecule has 1 saturated heterocycles. The van der Waals surface area contributed by atoms with Gasteiger partial charge in [-0.25, -0.2) is 13.1 Å². The highest BCUT2D eigenvalue weighted by Crippen LogP contribution is 2.37. The fourth-order valence-corrected chi connectivity index (χ4v) is 6.84. The Bertz CT molecular complexity index is 1160. The van der Waals surface area contributed by atoms with E-state index in [0.717, 1.165) is 34.4 Å². The fourth-order valence-electron chi connectivity index (χ4n) is 4.00. The van der Waals surface area contributed by atoms with Gasteiger partial charge in [-0.1, -0.05) is 18.2 Å². The van der Waals surface area contributed by atoms with Crippen molar-refractivity contribution in [1.29, 1.82) is 0 Å². The van der Waals surface area contributed by atoms with Gasteiger partial charge in [0.2, 0.25) is 0 Å². The summed E-state index contributed by atoms with van der Waals surface area (Å²) in [5, 5.41) is 5.61. The maximum Gasteiger partial charge on any atom is 0.264 e. The van der Waals surface area contributed by atoms with Crippen LogP contribution >= 0.6 is 11.3 Å². The van der Waals surface area contributed by atoms with Crippen LogP contribution in [0.5, 0.6) is 0 Å². The summed E-state index contributed by atoms with van der Waals surface area (Å²) >= 11 is 1.44. The number of carbonyl (C=O) groups is 1. The van der Waals surface area contributed by atoms with Gasteiger partial charge in [-0.2, -0.15) is 5.10 Å². The van der Waals surface area contributed by atoms with E-state index in [1.807, 2.05) is 52.9 Å². The maximum absolute atomic E-state index is 13.4. The van der Waals surface area contributed by atoms with Crippen LogP contribution < -0.4 is 0 Å². The second kappa shape index (κ2) is 6.42. The molecule has 6 nitrogen and oxygen atoms in total. The number of hydrogen-bond acceptors (Lipinski definition) is 5. The number of fused-ring (bicyclic) bond motifs is 1. The molecule has 8 heteroatoms. The molecule has 1 aliphatic carbocycles. The summed E-state index contributed by atoms with van der Waals surface area (Å²) in [5.74, 6) is 0.240. The Morgan fingerprint density at radius 2 is 1.93 bits per heavy atom. The van der Waals surface area contributed by atoms with Gasteiger partial charge in [-0.05, 0) is 44.4 Å². The third-order valence-corrected chi connectivity index (χ3v) is 8.38. The zero-order valence-electron chi connectivity index (χ0n) is 15.5. The third-order valence-electron chi connectivity index (χ3n) is 5.53. The third kappa shape index (κ3) is 3.04. The second-order valence-corrected chi connectivity index (χ2v) is 10.9. The van der Waals surface area contributed by atoms with E-state index >= 15 is 0 Å². The number of thiophene rings is 1. The molecule has 0 spiro atoms. The van der Waals surface area contributed by atoms with Crippen LogP contribution in [0.1, 0.15) is 34.6 Å². The van der Waals surface area contributed by atoms with E-state index in [9.17, 15) is 13.2 Å². The molecule has 146 valence electrons. The van der Waals surface area contributed by atoms with E-state index in [1.54, 1.807) is 0 Å². The van der Waals surface area contributed by atoms with Gasteiger partial charge in [0.25, 0.3) is 5.91 Å². The molecule has 1 amide bonds. The first kappa shape index (κ1) is 17.9. The fraction of sp³-hybridized carbons (Fsp3) is 0.400. The summed E-state index contributed by atoms with van der Waals surface area (Å²) in [7, 11) is -3.03. The van der Waals surface area contributed by atoms with Crippen molar-refractivity contribution < 1.29 is 13.2 Å². The van der Waals surface area contributed by atoms with Crippen LogP contribution in [0.25, 0.3) is 15.9 Å². The molecule has 0 bridgehead atoms. The van der Waals surface area contributed by atoms with Crippen molar-refractivity contribution >= 4 is 37.3 Å². The predicted octanol–water partition coefficient (Wildman–Crippen LogP) is 3.19. The Balaban J connectivity index is 1.53. The minimum atomic E-state index is -3.03. The number of sulfone groups is 1. The lowest BCUT2D eigenvalue weighted by Gasteiger charge is -2.27. The van der Waals surface area contributed by atoms with Crippen molar-refractivity contribution in [2.24, 2.45) is 0 Å². The molecule has 0 N–H and O–H groups in total. The van der Waals surface area contributed by atoms with E-state index in [1.165, 1.54) is 11.3 Å². The van der Waals surface area contributed by atoms with Gasteiger partial charge in [0.1, 0.15) is 4.83 Å². The normalized spacial score (nSPS) is 21.2. The first-order valence-electron chi connectivity index (χ1n) is 9.50. The second-order valence-electron chi connectivity index (χ2n) is 7.66. The van der Waals surface area contributed by atoms with Crippen LogP contribution in [0.4, 0.5) is 0 Å². The average Bonchev–Trinajstić information content (AvgIpc) is 3.17. The number of amides is 1. The Morgan fingerprint density at radius 1 is 1.18 bits per heavy atom. The molecule has 1 aromatic carbocycles. The molecule has 2 fully saturated rings. The SMILES string of the molecule is Cc1nn(-c2ccccc2)c2sc(C(=O)N(C3CC3)C3CCS(=O)(=O)C3)cc12. The molecule has 1 aliphatic heterocycles. The number of para-hydroxylation sites is 1. The lowest BCUT2D eigenvalue weighted by atomic mass is 10.2. The summed E-state index contributed by atoms with van der Waals surface area (Å²) in [6.07, 6.45) is 2.47. The topological polar surface area (TPSA) is 72.3 Å². The van der Waals surface area contributed by atoms with Gasteiger partial charge in [-0.3, -0.25) is 4.79 Å². The Morgan fingerprint density at radius 3 is 2.57 bits per heavy atom. The first-order valence-corrected chi connectivity index (χ1v) is 12.1. The van der Waals surface area contributed by atoms with E-state index in [2.05, 4.69) is 5.10 Å². The Hall–Kier alpha value is -2.19. The highest BCUT2D eigenvalue weighted by Gasteiger charge is 2.42. The van der Waals surface area contributed by atoms with Crippen molar-refractivity contribution in [3.8, 4) is 5.69 Å². The zero-order valence-corrected chi connectivity index (χ0v) is 17.2. The van der Waals surface area contributed by atoms with Crippen LogP contribution in [0.15, 0.2) is 36.4 Å². The standard InChI is InChI=1S/C20H21N3O3S2/c1-13-17-11-18(27-20(17)23(21-13)15-5-3-2-4-6-15)19(24)22(14-7-8-14)16-9-10-28(25,26)12-16/h2-6,11,14,16H,7-10,12H2,1H3. The van der Waals surface area contributed by atoms with Crippen molar-refractivity contribution in [3.05, 3.63) is 47.0 Å². The van der Waals surface area contributed by atoms with Crippen LogP contribution in [0.3, 0.4) is 0 Å². The van der Waals surface area contributed by atoms with E-state index in [0.29, 0.717) is 11.3 Å². The van der Waals surface area contributed by atoms with Gasteiger partial charge in [0.15, 0.2) is 9.84 Å². The van der Waals surface area contributed by atoms with Crippen molar-refractivity contribution in [1.82, 2.24) is 14.7 Å². The number of carbonyl (C=O) groups excluding carboxylic acids is 1. The number of rotatable bonds is 4. The summed E-state index contributed by atoms with van der Waals surface area (Å²) in [5.41, 5.74) is 1.85. The van der Waals surface area contributed by atoms with Gasteiger partial charge < -0.3 is 4.90 Å². The number of nitrogens with zero attached hydrogens (tertiary/aromatic N) is 3. The monoisotopic (exact) mass is 415 g/mol. The summed E-state index contributed by atoms with van der Waals surface area (Å²) in [6, 6.07) is 11.8. The molecule has 2 aliphatic rings. The van der Waals surface area contributed by atoms with Crippen molar-refractivity contribution in [2.45, 2.75) is 38.3 Å². The van der Waals surface area contributed by atoms with Crippen molar-refractivity contribution in [2.75, 3.05) is 11.5 Å². The van der Waals surface area contributed by atoms with Crippen LogP contribution in [-0.2, 0) is 9.84 Å². The quantitative estimate of drug-likeness (QED) is 0.656. The van der Waals surface area contributed by atoms with E-state index in [4.69, 9.17) is 0 Å². The molecule has 1 saturated carbocycles. The molecule has 5 rings (SSSR count). The number of hydrogen-bond donors (Lipinski definition) is 0. The Labute approximate surface area is 167 Å². The lowest BCUT2D eigenvalue weighted by Crippen LogP contribution is -2.42. The maximum atomic E-state index is 13.4. The van der Waals surface area contributed by atoms with Gasteiger partial charge in [0, 0.05) is 17.5 Å². The lowest BCUT2D eigenvalue weighted by molar-refractivity contribution is 0.0686. The van der Waals surface area contributed by atoms with Crippen LogP contribution in [0.2, 0.25) is 0 Å². The number of aromatic nitrogens is 2. The molecule has 1 unspecified atom stereocenters. The minimum absolute atomic E-state index is 0.0372. The minimum Gasteiger partial charge on any atom is -0.331 e. The zero-order chi connectivity index (χ0) is 19.5. The summed E-state index contributed by atoms with van der Waals surface area (Å²) in [4.78, 5) is 16.8. The number of benzene rings is 1. The summed E-state index contributed by atoms with van der Waals surface area (Å²) < 4.78 is 25.8. The van der Waals surface area contributed by atoms with E-state index in [-0.39, 0.29) is 29.5 Å². The molecule has 1 atom stereocenters. The summed E-state index contributed by atoms with van der Waals surface area (Å²) in [6.45, 7) is 1.95. The molecule has 3 heterocycles. The number of aryl methyl sites for hydroxylation is 1. The van der Waals surface area contributed by atoms with Gasteiger partial charge >= 0.3 is 0 Å². The molecule has 0 radical (unpaired) electrons. The highest BCUT2D eigenvalue weighted by molar-refractivity contribution is 7.91. The Kier molecular flexibility index (Phi) is 4.10. The molecular weight excluding hydrogens is 394 g/mol. The van der Waals surface area contributed by atoms with Crippen LogP contribution in [0, 0.1) is 6.92 Å².